The molecule has 1 aliphatic rings. The SMILES string of the molecule is COc1ccc(N2CC[NH+](CC(=O)[O-])CC2)cc1. The first-order chi connectivity index (χ1) is 8.69. The van der Waals surface area contributed by atoms with E-state index in [2.05, 4.69) is 4.90 Å². The van der Waals surface area contributed by atoms with E-state index in [1.54, 1.807) is 7.11 Å². The van der Waals surface area contributed by atoms with Gasteiger partial charge in [0, 0.05) is 5.69 Å². The van der Waals surface area contributed by atoms with Crippen molar-refractivity contribution >= 4 is 11.7 Å². The molecule has 0 aliphatic carbocycles. The lowest BCUT2D eigenvalue weighted by atomic mass is 10.2. The van der Waals surface area contributed by atoms with Crippen molar-refractivity contribution in [2.45, 2.75) is 0 Å². The first kappa shape index (κ1) is 12.7. The Morgan fingerprint density at radius 3 is 2.44 bits per heavy atom. The number of anilines is 1. The number of carboxylic acid groups (broad SMARTS) is 1. The third-order valence-electron chi connectivity index (χ3n) is 3.30. The normalized spacial score (nSPS) is 16.6. The van der Waals surface area contributed by atoms with Crippen LogP contribution in [0.4, 0.5) is 5.69 Å². The molecule has 0 radical (unpaired) electrons. The summed E-state index contributed by atoms with van der Waals surface area (Å²) in [5.74, 6) is -0.122. The zero-order valence-electron chi connectivity index (χ0n) is 10.5. The summed E-state index contributed by atoms with van der Waals surface area (Å²) in [5.41, 5.74) is 1.16. The summed E-state index contributed by atoms with van der Waals surface area (Å²) >= 11 is 0. The Morgan fingerprint density at radius 2 is 1.94 bits per heavy atom. The monoisotopic (exact) mass is 250 g/mol. The maximum absolute atomic E-state index is 10.5. The Balaban J connectivity index is 1.90. The lowest BCUT2D eigenvalue weighted by molar-refractivity contribution is -0.894. The molecular weight excluding hydrogens is 232 g/mol. The second-order valence-corrected chi connectivity index (χ2v) is 4.48. The van der Waals surface area contributed by atoms with Crippen molar-refractivity contribution in [3.63, 3.8) is 0 Å². The quantitative estimate of drug-likeness (QED) is 0.681. The molecule has 1 aromatic carbocycles. The Labute approximate surface area is 107 Å². The van der Waals surface area contributed by atoms with Gasteiger partial charge in [-0.25, -0.2) is 0 Å². The van der Waals surface area contributed by atoms with Crippen LogP contribution in [0.25, 0.3) is 0 Å². The first-order valence-corrected chi connectivity index (χ1v) is 6.11. The summed E-state index contributed by atoms with van der Waals surface area (Å²) in [7, 11) is 1.65. The van der Waals surface area contributed by atoms with Gasteiger partial charge in [0.1, 0.15) is 12.3 Å². The number of nitrogens with zero attached hydrogens (tertiary/aromatic N) is 1. The molecule has 18 heavy (non-hydrogen) atoms. The van der Waals surface area contributed by atoms with E-state index in [0.717, 1.165) is 42.5 Å². The third kappa shape index (κ3) is 3.13. The van der Waals surface area contributed by atoms with Crippen LogP contribution in [0, 0.1) is 0 Å². The van der Waals surface area contributed by atoms with Crippen LogP contribution in [-0.2, 0) is 4.79 Å². The minimum Gasteiger partial charge on any atom is -0.544 e. The van der Waals surface area contributed by atoms with Gasteiger partial charge in [0.05, 0.1) is 39.3 Å². The minimum absolute atomic E-state index is 0.108. The Morgan fingerprint density at radius 1 is 1.33 bits per heavy atom. The van der Waals surface area contributed by atoms with Gasteiger partial charge in [-0.05, 0) is 24.3 Å². The van der Waals surface area contributed by atoms with Crippen LogP contribution in [0.2, 0.25) is 0 Å². The van der Waals surface area contributed by atoms with Gasteiger partial charge in [-0.3, -0.25) is 0 Å². The van der Waals surface area contributed by atoms with Crippen molar-refractivity contribution in [3.05, 3.63) is 24.3 Å². The highest BCUT2D eigenvalue weighted by atomic mass is 16.5. The summed E-state index contributed by atoms with van der Waals surface area (Å²) in [4.78, 5) is 13.9. The van der Waals surface area contributed by atoms with Gasteiger partial charge < -0.3 is 24.4 Å². The molecule has 1 aliphatic heterocycles. The molecule has 0 saturated carbocycles. The largest absolute Gasteiger partial charge is 0.544 e. The van der Waals surface area contributed by atoms with Crippen LogP contribution < -0.4 is 19.6 Å². The van der Waals surface area contributed by atoms with Crippen molar-refractivity contribution in [3.8, 4) is 5.75 Å². The molecule has 5 heteroatoms. The van der Waals surface area contributed by atoms with E-state index in [0.29, 0.717) is 0 Å². The number of aliphatic carboxylic acids is 1. The number of methoxy groups -OCH3 is 1. The number of hydrogen-bond acceptors (Lipinski definition) is 4. The van der Waals surface area contributed by atoms with E-state index in [1.807, 2.05) is 24.3 Å². The van der Waals surface area contributed by atoms with Crippen LogP contribution in [-0.4, -0.2) is 45.8 Å². The topological polar surface area (TPSA) is 57.0 Å². The van der Waals surface area contributed by atoms with Crippen molar-refractivity contribution in [1.82, 2.24) is 0 Å². The summed E-state index contributed by atoms with van der Waals surface area (Å²) in [6.45, 7) is 3.51. The lowest BCUT2D eigenvalue weighted by Crippen LogP contribution is -3.16. The van der Waals surface area contributed by atoms with Crippen molar-refractivity contribution in [1.29, 1.82) is 0 Å². The molecule has 0 spiro atoms. The molecule has 1 saturated heterocycles. The zero-order valence-corrected chi connectivity index (χ0v) is 10.5. The fourth-order valence-corrected chi connectivity index (χ4v) is 2.26. The molecule has 0 unspecified atom stereocenters. The smallest absolute Gasteiger partial charge is 0.119 e. The van der Waals surface area contributed by atoms with Crippen molar-refractivity contribution < 1.29 is 19.5 Å². The average molecular weight is 250 g/mol. The van der Waals surface area contributed by atoms with Crippen LogP contribution in [0.15, 0.2) is 24.3 Å². The number of quaternary nitrogens is 1. The summed E-state index contributed by atoms with van der Waals surface area (Å²) in [6.07, 6.45) is 0. The Kier molecular flexibility index (Phi) is 4.04. The van der Waals surface area contributed by atoms with E-state index in [-0.39, 0.29) is 6.54 Å². The van der Waals surface area contributed by atoms with E-state index in [1.165, 1.54) is 0 Å². The molecule has 1 N–H and O–H groups in total. The van der Waals surface area contributed by atoms with E-state index in [4.69, 9.17) is 4.74 Å². The number of carbonyl (C=O) groups excluding carboxylic acids is 1. The van der Waals surface area contributed by atoms with E-state index in [9.17, 15) is 9.90 Å². The van der Waals surface area contributed by atoms with E-state index >= 15 is 0 Å². The highest BCUT2D eigenvalue weighted by molar-refractivity contribution is 5.65. The number of benzene rings is 1. The molecule has 0 bridgehead atoms. The molecule has 98 valence electrons. The average Bonchev–Trinajstić information content (AvgIpc) is 2.39. The lowest BCUT2D eigenvalue weighted by Gasteiger charge is -2.33. The molecule has 1 fully saturated rings. The molecule has 1 heterocycles. The number of rotatable bonds is 4. The van der Waals surface area contributed by atoms with Crippen molar-refractivity contribution in [2.75, 3.05) is 44.7 Å². The minimum atomic E-state index is -0.970. The highest BCUT2D eigenvalue weighted by Gasteiger charge is 2.19. The number of ether oxygens (including phenoxy) is 1. The van der Waals surface area contributed by atoms with Crippen molar-refractivity contribution in [2.24, 2.45) is 0 Å². The summed E-state index contributed by atoms with van der Waals surface area (Å²) in [6, 6.07) is 7.94. The number of piperazine rings is 1. The maximum Gasteiger partial charge on any atom is 0.119 e. The number of nitrogens with one attached hydrogen (secondary N) is 1. The molecular formula is C13H18N2O3. The predicted molar refractivity (Wildman–Crippen MR) is 65.8 cm³/mol. The predicted octanol–water partition coefficient (Wildman–Crippen LogP) is -1.85. The molecule has 1 aromatic rings. The Hall–Kier alpha value is -1.75. The first-order valence-electron chi connectivity index (χ1n) is 6.11. The van der Waals surface area contributed by atoms with Gasteiger partial charge in [0.15, 0.2) is 0 Å². The highest BCUT2D eigenvalue weighted by Crippen LogP contribution is 2.18. The van der Waals surface area contributed by atoms with Gasteiger partial charge in [0.25, 0.3) is 0 Å². The van der Waals surface area contributed by atoms with E-state index < -0.39 is 5.97 Å². The molecule has 0 atom stereocenters. The molecule has 2 rings (SSSR count). The van der Waals surface area contributed by atoms with Gasteiger partial charge in [-0.15, -0.1) is 0 Å². The second-order valence-electron chi connectivity index (χ2n) is 4.48. The van der Waals surface area contributed by atoms with Gasteiger partial charge in [-0.1, -0.05) is 0 Å². The van der Waals surface area contributed by atoms with Crippen LogP contribution >= 0.6 is 0 Å². The Bertz CT molecular complexity index is 397. The molecule has 0 aromatic heterocycles. The van der Waals surface area contributed by atoms with Gasteiger partial charge >= 0.3 is 0 Å². The second kappa shape index (κ2) is 5.73. The zero-order chi connectivity index (χ0) is 13.0. The maximum atomic E-state index is 10.5. The molecule has 0 amide bonds. The van der Waals surface area contributed by atoms with Crippen LogP contribution in [0.3, 0.4) is 0 Å². The van der Waals surface area contributed by atoms with Gasteiger partial charge in [-0.2, -0.15) is 0 Å². The summed E-state index contributed by atoms with van der Waals surface area (Å²) < 4.78 is 5.12. The number of carbonyl (C=O) groups is 1. The van der Waals surface area contributed by atoms with Crippen LogP contribution in [0.5, 0.6) is 5.75 Å². The van der Waals surface area contributed by atoms with Gasteiger partial charge in [0.2, 0.25) is 0 Å². The standard InChI is InChI=1S/C13H18N2O3/c1-18-12-4-2-11(3-5-12)15-8-6-14(7-9-15)10-13(16)17/h2-5H,6-10H2,1H3,(H,16,17). The fraction of sp³-hybridized carbons (Fsp3) is 0.462. The number of carboxylic acids is 1. The summed E-state index contributed by atoms with van der Waals surface area (Å²) in [5, 5.41) is 10.5. The molecule has 5 nitrogen and oxygen atoms in total. The third-order valence-corrected chi connectivity index (χ3v) is 3.30. The van der Waals surface area contributed by atoms with Crippen LogP contribution in [0.1, 0.15) is 0 Å². The fourth-order valence-electron chi connectivity index (χ4n) is 2.26. The number of hydrogen-bond donors (Lipinski definition) is 1.